The van der Waals surface area contributed by atoms with Crippen LogP contribution in [0.3, 0.4) is 0 Å². The molecule has 21 heavy (non-hydrogen) atoms. The van der Waals surface area contributed by atoms with E-state index in [1.165, 1.54) is 12.0 Å². The van der Waals surface area contributed by atoms with Gasteiger partial charge in [0.05, 0.1) is 17.9 Å². The first-order chi connectivity index (χ1) is 9.99. The Hall–Kier alpha value is -0.910. The molecule has 1 aromatic rings. The van der Waals surface area contributed by atoms with Crippen molar-refractivity contribution in [2.24, 2.45) is 0 Å². The molecule has 0 radical (unpaired) electrons. The highest BCUT2D eigenvalue weighted by Crippen LogP contribution is 2.37. The number of piperidine rings is 1. The van der Waals surface area contributed by atoms with E-state index >= 15 is 0 Å². The molecule has 0 aliphatic carbocycles. The Balaban J connectivity index is 1.56. The van der Waals surface area contributed by atoms with Gasteiger partial charge in [-0.2, -0.15) is 0 Å². The first-order valence-corrected chi connectivity index (χ1v) is 7.94. The van der Waals surface area contributed by atoms with Gasteiger partial charge >= 0.3 is 0 Å². The zero-order valence-electron chi connectivity index (χ0n) is 13.7. The molecule has 5 heteroatoms. The Morgan fingerprint density at radius 1 is 1.29 bits per heavy atom. The van der Waals surface area contributed by atoms with Gasteiger partial charge in [-0.1, -0.05) is 5.16 Å². The van der Waals surface area contributed by atoms with Crippen molar-refractivity contribution in [3.63, 3.8) is 0 Å². The highest BCUT2D eigenvalue weighted by molar-refractivity contribution is 5.20. The maximum atomic E-state index is 6.19. The Labute approximate surface area is 127 Å². The smallest absolute Gasteiger partial charge is 0.138 e. The van der Waals surface area contributed by atoms with Gasteiger partial charge in [-0.3, -0.25) is 4.90 Å². The lowest BCUT2D eigenvalue weighted by Crippen LogP contribution is -2.44. The summed E-state index contributed by atoms with van der Waals surface area (Å²) in [5, 5.41) is 4.05. The van der Waals surface area contributed by atoms with Gasteiger partial charge in [-0.05, 0) is 47.2 Å². The topological polar surface area (TPSA) is 41.7 Å². The Bertz CT molecular complexity index is 470. The Morgan fingerprint density at radius 3 is 2.52 bits per heavy atom. The maximum Gasteiger partial charge on any atom is 0.138 e. The van der Waals surface area contributed by atoms with E-state index in [1.54, 1.807) is 0 Å². The van der Waals surface area contributed by atoms with Crippen molar-refractivity contribution in [3.05, 3.63) is 17.0 Å². The molecule has 2 saturated heterocycles. The van der Waals surface area contributed by atoms with E-state index < -0.39 is 0 Å². The zero-order valence-corrected chi connectivity index (χ0v) is 13.7. The second-order valence-electron chi connectivity index (χ2n) is 6.89. The molecule has 3 rings (SSSR count). The molecule has 5 nitrogen and oxygen atoms in total. The van der Waals surface area contributed by atoms with Crippen LogP contribution in [0, 0.1) is 13.8 Å². The standard InChI is InChI=1S/C16H27N3O2/c1-12-15(13(2)21-17-12)10-19-7-5-16(6-8-19)9-14(11-20-16)18(3)4/h14H,5-11H2,1-4H3. The quantitative estimate of drug-likeness (QED) is 0.852. The molecule has 2 aliphatic heterocycles. The number of likely N-dealkylation sites (tertiary alicyclic amines) is 1. The van der Waals surface area contributed by atoms with Crippen molar-refractivity contribution in [1.29, 1.82) is 0 Å². The number of rotatable bonds is 3. The number of hydrogen-bond donors (Lipinski definition) is 0. The first-order valence-electron chi connectivity index (χ1n) is 7.94. The van der Waals surface area contributed by atoms with Crippen LogP contribution in [-0.2, 0) is 11.3 Å². The van der Waals surface area contributed by atoms with Crippen LogP contribution in [0.5, 0.6) is 0 Å². The van der Waals surface area contributed by atoms with Gasteiger partial charge in [0.15, 0.2) is 0 Å². The average Bonchev–Trinajstić information content (AvgIpc) is 3.01. The van der Waals surface area contributed by atoms with Gasteiger partial charge in [0, 0.05) is 31.2 Å². The molecule has 0 aromatic carbocycles. The normalized spacial score (nSPS) is 26.0. The molecule has 0 saturated carbocycles. The number of likely N-dealkylation sites (N-methyl/N-ethyl adjacent to an activating group) is 1. The predicted octanol–water partition coefficient (Wildman–Crippen LogP) is 1.98. The minimum atomic E-state index is 0.129. The van der Waals surface area contributed by atoms with Gasteiger partial charge in [0.1, 0.15) is 5.76 Å². The van der Waals surface area contributed by atoms with Crippen molar-refractivity contribution < 1.29 is 9.26 Å². The molecule has 2 aliphatic rings. The van der Waals surface area contributed by atoms with Crippen LogP contribution < -0.4 is 0 Å². The van der Waals surface area contributed by atoms with Gasteiger partial charge in [-0.25, -0.2) is 0 Å². The highest BCUT2D eigenvalue weighted by Gasteiger charge is 2.43. The Morgan fingerprint density at radius 2 is 2.00 bits per heavy atom. The molecule has 1 atom stereocenters. The second kappa shape index (κ2) is 5.71. The van der Waals surface area contributed by atoms with Crippen LogP contribution in [0.15, 0.2) is 4.52 Å². The number of nitrogens with zero attached hydrogens (tertiary/aromatic N) is 3. The third kappa shape index (κ3) is 3.00. The third-order valence-corrected chi connectivity index (χ3v) is 5.25. The van der Waals surface area contributed by atoms with E-state index in [2.05, 4.69) is 29.1 Å². The van der Waals surface area contributed by atoms with Crippen molar-refractivity contribution in [2.45, 2.75) is 51.3 Å². The van der Waals surface area contributed by atoms with E-state index in [9.17, 15) is 0 Å². The third-order valence-electron chi connectivity index (χ3n) is 5.25. The summed E-state index contributed by atoms with van der Waals surface area (Å²) in [5.74, 6) is 0.956. The average molecular weight is 293 g/mol. The fourth-order valence-electron chi connectivity index (χ4n) is 3.57. The van der Waals surface area contributed by atoms with Crippen molar-refractivity contribution in [3.8, 4) is 0 Å². The summed E-state index contributed by atoms with van der Waals surface area (Å²) in [5.41, 5.74) is 2.41. The summed E-state index contributed by atoms with van der Waals surface area (Å²) < 4.78 is 11.5. The summed E-state index contributed by atoms with van der Waals surface area (Å²) in [7, 11) is 4.30. The van der Waals surface area contributed by atoms with Gasteiger partial charge in [0.2, 0.25) is 0 Å². The number of aromatic nitrogens is 1. The second-order valence-corrected chi connectivity index (χ2v) is 6.89. The molecular weight excluding hydrogens is 266 g/mol. The lowest BCUT2D eigenvalue weighted by molar-refractivity contribution is -0.0452. The van der Waals surface area contributed by atoms with Crippen LogP contribution in [0.2, 0.25) is 0 Å². The zero-order chi connectivity index (χ0) is 15.0. The fraction of sp³-hybridized carbons (Fsp3) is 0.812. The van der Waals surface area contributed by atoms with Crippen molar-refractivity contribution in [2.75, 3.05) is 33.8 Å². The van der Waals surface area contributed by atoms with Gasteiger partial charge in [0.25, 0.3) is 0 Å². The van der Waals surface area contributed by atoms with E-state index in [0.29, 0.717) is 6.04 Å². The monoisotopic (exact) mass is 293 g/mol. The lowest BCUT2D eigenvalue weighted by Gasteiger charge is -2.38. The van der Waals surface area contributed by atoms with Crippen LogP contribution in [0.25, 0.3) is 0 Å². The SMILES string of the molecule is Cc1noc(C)c1CN1CCC2(CC1)CC(N(C)C)CO2. The maximum absolute atomic E-state index is 6.19. The van der Waals surface area contributed by atoms with Crippen molar-refractivity contribution in [1.82, 2.24) is 15.0 Å². The largest absolute Gasteiger partial charge is 0.373 e. The summed E-state index contributed by atoms with van der Waals surface area (Å²) in [4.78, 5) is 4.80. The molecule has 2 fully saturated rings. The number of aryl methyl sites for hydroxylation is 2. The predicted molar refractivity (Wildman–Crippen MR) is 81.3 cm³/mol. The van der Waals surface area contributed by atoms with Gasteiger partial charge in [-0.15, -0.1) is 0 Å². The van der Waals surface area contributed by atoms with Crippen molar-refractivity contribution >= 4 is 0 Å². The molecular formula is C16H27N3O2. The lowest BCUT2D eigenvalue weighted by atomic mass is 9.87. The summed E-state index contributed by atoms with van der Waals surface area (Å²) in [6.45, 7) is 8.07. The molecule has 1 unspecified atom stereocenters. The highest BCUT2D eigenvalue weighted by atomic mass is 16.5. The summed E-state index contributed by atoms with van der Waals surface area (Å²) in [6.07, 6.45) is 3.46. The van der Waals surface area contributed by atoms with E-state index in [1.807, 2.05) is 13.8 Å². The molecule has 3 heterocycles. The molecule has 0 bridgehead atoms. The minimum absolute atomic E-state index is 0.129. The number of ether oxygens (including phenoxy) is 1. The van der Waals surface area contributed by atoms with Crippen LogP contribution in [0.1, 0.15) is 36.3 Å². The Kier molecular flexibility index (Phi) is 4.08. The molecule has 118 valence electrons. The molecule has 1 aromatic heterocycles. The molecule has 0 N–H and O–H groups in total. The van der Waals surface area contributed by atoms with Crippen LogP contribution in [0.4, 0.5) is 0 Å². The first kappa shape index (κ1) is 15.0. The summed E-state index contributed by atoms with van der Waals surface area (Å²) >= 11 is 0. The fourth-order valence-corrected chi connectivity index (χ4v) is 3.57. The van der Waals surface area contributed by atoms with Gasteiger partial charge < -0.3 is 14.2 Å². The minimum Gasteiger partial charge on any atom is -0.373 e. The van der Waals surface area contributed by atoms with Crippen LogP contribution >= 0.6 is 0 Å². The van der Waals surface area contributed by atoms with E-state index in [0.717, 1.165) is 50.5 Å². The number of hydrogen-bond acceptors (Lipinski definition) is 5. The molecule has 0 amide bonds. The van der Waals surface area contributed by atoms with E-state index in [4.69, 9.17) is 9.26 Å². The summed E-state index contributed by atoms with van der Waals surface area (Å²) in [6, 6.07) is 0.583. The van der Waals surface area contributed by atoms with E-state index in [-0.39, 0.29) is 5.60 Å². The molecule has 1 spiro atoms. The van der Waals surface area contributed by atoms with Crippen LogP contribution in [-0.4, -0.2) is 60.4 Å².